The summed E-state index contributed by atoms with van der Waals surface area (Å²) in [5, 5.41) is 0.439. The van der Waals surface area contributed by atoms with Gasteiger partial charge in [0.25, 0.3) is 11.5 Å². The van der Waals surface area contributed by atoms with Gasteiger partial charge in [-0.2, -0.15) is 26.3 Å². The van der Waals surface area contributed by atoms with Gasteiger partial charge >= 0.3 is 12.4 Å². The van der Waals surface area contributed by atoms with Crippen molar-refractivity contribution in [2.75, 3.05) is 5.75 Å². The Hall–Kier alpha value is -3.28. The molecule has 1 aliphatic rings. The molecular formula is C23H17F6N3O2S. The third-order valence-electron chi connectivity index (χ3n) is 5.31. The van der Waals surface area contributed by atoms with Gasteiger partial charge in [0.05, 0.1) is 11.1 Å². The molecule has 2 aromatic carbocycles. The van der Waals surface area contributed by atoms with Gasteiger partial charge in [-0.3, -0.25) is 14.2 Å². The van der Waals surface area contributed by atoms with Gasteiger partial charge in [0, 0.05) is 31.6 Å². The lowest BCUT2D eigenvalue weighted by atomic mass is 10.0. The average Bonchev–Trinajstić information content (AvgIpc) is 3.28. The van der Waals surface area contributed by atoms with Crippen LogP contribution in [-0.2, 0) is 32.0 Å². The van der Waals surface area contributed by atoms with E-state index in [1.807, 2.05) is 0 Å². The van der Waals surface area contributed by atoms with E-state index in [1.165, 1.54) is 16.3 Å². The number of aromatic nitrogens is 2. The number of thioether (sulfide) groups is 1. The maximum Gasteiger partial charge on any atom is 0.416 e. The van der Waals surface area contributed by atoms with Gasteiger partial charge in [0.2, 0.25) is 0 Å². The van der Waals surface area contributed by atoms with Crippen LogP contribution in [0.5, 0.6) is 0 Å². The Bertz CT molecular complexity index is 1270. The Kier molecular flexibility index (Phi) is 6.67. The first-order chi connectivity index (χ1) is 16.4. The van der Waals surface area contributed by atoms with Gasteiger partial charge in [-0.15, -0.1) is 0 Å². The largest absolute Gasteiger partial charge is 0.416 e. The molecule has 5 nitrogen and oxygen atoms in total. The van der Waals surface area contributed by atoms with Crippen molar-refractivity contribution in [3.63, 3.8) is 0 Å². The smallest absolute Gasteiger partial charge is 0.330 e. The minimum atomic E-state index is -5.02. The van der Waals surface area contributed by atoms with Crippen LogP contribution < -0.4 is 5.56 Å². The van der Waals surface area contributed by atoms with E-state index in [0.717, 1.165) is 11.1 Å². The second-order valence-electron chi connectivity index (χ2n) is 7.82. The van der Waals surface area contributed by atoms with Crippen LogP contribution in [0.2, 0.25) is 0 Å². The lowest BCUT2D eigenvalue weighted by Crippen LogP contribution is -2.36. The van der Waals surface area contributed by atoms with Crippen LogP contribution in [0.15, 0.2) is 64.7 Å². The number of hydrogen-bond donors (Lipinski definition) is 0. The number of fused-ring (bicyclic) bond motifs is 1. The van der Waals surface area contributed by atoms with Crippen molar-refractivity contribution in [2.45, 2.75) is 37.1 Å². The van der Waals surface area contributed by atoms with Crippen molar-refractivity contribution in [3.05, 3.63) is 92.9 Å². The van der Waals surface area contributed by atoms with Crippen LogP contribution in [0.4, 0.5) is 26.3 Å². The molecule has 4 rings (SSSR count). The van der Waals surface area contributed by atoms with E-state index >= 15 is 0 Å². The number of amides is 1. The number of hydrogen-bond acceptors (Lipinski definition) is 4. The van der Waals surface area contributed by atoms with Crippen molar-refractivity contribution in [3.8, 4) is 0 Å². The summed E-state index contributed by atoms with van der Waals surface area (Å²) in [6.45, 7) is -0.391. The van der Waals surface area contributed by atoms with Gasteiger partial charge < -0.3 is 4.90 Å². The predicted octanol–water partition coefficient (Wildman–Crippen LogP) is 5.23. The second kappa shape index (κ2) is 9.40. The van der Waals surface area contributed by atoms with Crippen LogP contribution >= 0.6 is 11.8 Å². The molecular weight excluding hydrogens is 496 g/mol. The fourth-order valence-electron chi connectivity index (χ4n) is 3.67. The standard InChI is InChI=1S/C23H17F6N3O2S/c24-22(25,26)16-8-15(9-17(10-16)23(27,28)29)13-31(12-14-4-2-1-3-5-14)19(33)18-11-30-21-32(20(18)34)6-7-35-21/h1-5,8-11H,6-7,12-13H2. The summed E-state index contributed by atoms with van der Waals surface area (Å²) in [5.41, 5.74) is -3.68. The highest BCUT2D eigenvalue weighted by Gasteiger charge is 2.37. The van der Waals surface area contributed by atoms with E-state index in [4.69, 9.17) is 0 Å². The molecule has 1 aliphatic heterocycles. The summed E-state index contributed by atoms with van der Waals surface area (Å²) in [7, 11) is 0. The van der Waals surface area contributed by atoms with Gasteiger partial charge in [0.1, 0.15) is 5.56 Å². The molecule has 12 heteroatoms. The van der Waals surface area contributed by atoms with E-state index in [0.29, 0.717) is 35.2 Å². The highest BCUT2D eigenvalue weighted by atomic mass is 32.2. The molecule has 0 atom stereocenters. The molecule has 0 fully saturated rings. The van der Waals surface area contributed by atoms with Crippen molar-refractivity contribution in [2.24, 2.45) is 0 Å². The molecule has 3 aromatic rings. The maximum atomic E-state index is 13.4. The lowest BCUT2D eigenvalue weighted by molar-refractivity contribution is -0.143. The highest BCUT2D eigenvalue weighted by molar-refractivity contribution is 7.99. The maximum absolute atomic E-state index is 13.4. The number of halogens is 6. The molecule has 2 heterocycles. The molecule has 184 valence electrons. The minimum absolute atomic E-state index is 0.0291. The Morgan fingerprint density at radius 1 is 0.943 bits per heavy atom. The van der Waals surface area contributed by atoms with Gasteiger partial charge in [-0.25, -0.2) is 4.98 Å². The number of carbonyl (C=O) groups excluding carboxylic acids is 1. The Morgan fingerprint density at radius 2 is 1.54 bits per heavy atom. The van der Waals surface area contributed by atoms with E-state index in [-0.39, 0.29) is 23.7 Å². The van der Waals surface area contributed by atoms with Crippen LogP contribution in [-0.4, -0.2) is 26.1 Å². The number of carbonyl (C=O) groups is 1. The molecule has 1 amide bonds. The third kappa shape index (κ3) is 5.53. The Balaban J connectivity index is 1.76. The minimum Gasteiger partial charge on any atom is -0.330 e. The molecule has 0 N–H and O–H groups in total. The van der Waals surface area contributed by atoms with Gasteiger partial charge in [0.15, 0.2) is 5.16 Å². The molecule has 0 saturated carbocycles. The molecule has 0 spiro atoms. The SMILES string of the molecule is O=C(c1cnc2n(c1=O)CCS2)N(Cc1ccccc1)Cc1cc(C(F)(F)F)cc(C(F)(F)F)c1. The summed E-state index contributed by atoms with van der Waals surface area (Å²) in [6.07, 6.45) is -8.95. The first-order valence-corrected chi connectivity index (χ1v) is 11.3. The van der Waals surface area contributed by atoms with Crippen molar-refractivity contribution < 1.29 is 31.1 Å². The third-order valence-corrected chi connectivity index (χ3v) is 6.28. The first kappa shape index (κ1) is 24.8. The Labute approximate surface area is 199 Å². The Morgan fingerprint density at radius 3 is 2.14 bits per heavy atom. The predicted molar refractivity (Wildman–Crippen MR) is 116 cm³/mol. The van der Waals surface area contributed by atoms with Crippen LogP contribution in [0.1, 0.15) is 32.6 Å². The fraction of sp³-hybridized carbons (Fsp3) is 0.261. The quantitative estimate of drug-likeness (QED) is 0.347. The molecule has 0 saturated heterocycles. The van der Waals surface area contributed by atoms with E-state index in [2.05, 4.69) is 4.98 Å². The molecule has 1 aromatic heterocycles. The van der Waals surface area contributed by atoms with E-state index in [9.17, 15) is 35.9 Å². The fourth-order valence-corrected chi connectivity index (χ4v) is 4.58. The zero-order chi connectivity index (χ0) is 25.4. The van der Waals surface area contributed by atoms with Crippen molar-refractivity contribution >= 4 is 17.7 Å². The normalized spacial score (nSPS) is 13.5. The second-order valence-corrected chi connectivity index (χ2v) is 8.88. The number of benzene rings is 2. The summed E-state index contributed by atoms with van der Waals surface area (Å²) in [6, 6.07) is 9.54. The molecule has 0 bridgehead atoms. The summed E-state index contributed by atoms with van der Waals surface area (Å²) in [5.74, 6) is -0.248. The number of nitrogens with zero attached hydrogens (tertiary/aromatic N) is 3. The van der Waals surface area contributed by atoms with Crippen LogP contribution in [0.25, 0.3) is 0 Å². The van der Waals surface area contributed by atoms with E-state index < -0.39 is 41.5 Å². The summed E-state index contributed by atoms with van der Waals surface area (Å²) < 4.78 is 81.3. The molecule has 0 radical (unpaired) electrons. The molecule has 35 heavy (non-hydrogen) atoms. The summed E-state index contributed by atoms with van der Waals surface area (Å²) >= 11 is 1.34. The number of rotatable bonds is 5. The van der Waals surface area contributed by atoms with Crippen LogP contribution in [0.3, 0.4) is 0 Å². The number of alkyl halides is 6. The monoisotopic (exact) mass is 513 g/mol. The van der Waals surface area contributed by atoms with Gasteiger partial charge in [-0.1, -0.05) is 42.1 Å². The lowest BCUT2D eigenvalue weighted by Gasteiger charge is -2.24. The van der Waals surface area contributed by atoms with E-state index in [1.54, 1.807) is 30.3 Å². The van der Waals surface area contributed by atoms with Crippen LogP contribution in [0, 0.1) is 0 Å². The molecule has 0 aliphatic carbocycles. The molecule has 0 unspecified atom stereocenters. The highest BCUT2D eigenvalue weighted by Crippen LogP contribution is 2.36. The summed E-state index contributed by atoms with van der Waals surface area (Å²) in [4.78, 5) is 31.4. The first-order valence-electron chi connectivity index (χ1n) is 10.3. The van der Waals surface area contributed by atoms with Gasteiger partial charge in [-0.05, 0) is 29.3 Å². The zero-order valence-electron chi connectivity index (χ0n) is 17.9. The topological polar surface area (TPSA) is 55.2 Å². The average molecular weight is 513 g/mol. The van der Waals surface area contributed by atoms with Crippen molar-refractivity contribution in [1.82, 2.24) is 14.5 Å². The van der Waals surface area contributed by atoms with Crippen molar-refractivity contribution in [1.29, 1.82) is 0 Å². The zero-order valence-corrected chi connectivity index (χ0v) is 18.7.